The van der Waals surface area contributed by atoms with Crippen LogP contribution < -0.4 is 21.7 Å². The highest BCUT2D eigenvalue weighted by Crippen LogP contribution is 2.28. The third-order valence-electron chi connectivity index (χ3n) is 15.2. The molecule has 0 radical (unpaired) electrons. The summed E-state index contributed by atoms with van der Waals surface area (Å²) in [4.78, 5) is 103. The Morgan fingerprint density at radius 1 is 0.585 bits per heavy atom. The number of carbonyl (C=O) groups is 8. The lowest BCUT2D eigenvalue weighted by Gasteiger charge is -2.44. The molecular formula is C63H114N4O15. The molecule has 0 aromatic carbocycles. The van der Waals surface area contributed by atoms with E-state index in [1.165, 1.54) is 143 Å². The van der Waals surface area contributed by atoms with Crippen LogP contribution in [0.2, 0.25) is 1.41 Å². The SMILES string of the molecule is [2H]N(C(=O)[C@@H](C)O[C@H]1[C@H](O)[C@@H](COC(=O)C[C@@H](CCCCCCCCCCC)OC(=O)CCCCCCCCCCCCCCC)OC(OC(=O)CCCCCCCCCCCCC)[C@@H]1NC(C)=O)[C@@H](C)C(=O)N[C@@H](CCC(=O)O)C(N)=O. The van der Waals surface area contributed by atoms with Crippen LogP contribution in [-0.2, 0) is 62.0 Å². The van der Waals surface area contributed by atoms with Gasteiger partial charge in [0.1, 0.15) is 55.3 Å². The predicted molar refractivity (Wildman–Crippen MR) is 317 cm³/mol. The summed E-state index contributed by atoms with van der Waals surface area (Å²) in [5.41, 5.74) is 5.37. The van der Waals surface area contributed by atoms with Crippen LogP contribution in [-0.4, -0.2) is 119 Å². The second-order valence-electron chi connectivity index (χ2n) is 22.9. The Bertz CT molecular complexity index is 1800. The number of esters is 3. The van der Waals surface area contributed by atoms with E-state index in [9.17, 15) is 43.5 Å². The molecule has 0 aromatic heterocycles. The number of ether oxygens (including phenoxy) is 5. The lowest BCUT2D eigenvalue weighted by atomic mass is 9.96. The number of carbonyl (C=O) groups excluding carboxylic acids is 7. The molecule has 476 valence electrons. The fourth-order valence-electron chi connectivity index (χ4n) is 10.2. The van der Waals surface area contributed by atoms with Gasteiger partial charge in [-0.15, -0.1) is 0 Å². The molecule has 4 amide bonds. The second kappa shape index (κ2) is 49.0. The molecule has 1 aliphatic heterocycles. The molecule has 1 unspecified atom stereocenters. The quantitative estimate of drug-likeness (QED) is 0.0188. The van der Waals surface area contributed by atoms with E-state index in [1.54, 1.807) is 0 Å². The van der Waals surface area contributed by atoms with Crippen molar-refractivity contribution in [3.63, 3.8) is 0 Å². The number of rotatable bonds is 53. The lowest BCUT2D eigenvalue weighted by molar-refractivity contribution is -0.275. The summed E-state index contributed by atoms with van der Waals surface area (Å²) in [6, 6.07) is -4.41. The normalized spacial score (nSPS) is 18.5. The van der Waals surface area contributed by atoms with Crippen molar-refractivity contribution in [3.8, 4) is 0 Å². The average molecular weight is 1170 g/mol. The molecule has 0 aliphatic carbocycles. The first-order chi connectivity index (χ1) is 39.9. The number of primary amides is 1. The second-order valence-corrected chi connectivity index (χ2v) is 22.9. The minimum Gasteiger partial charge on any atom is -0.481 e. The van der Waals surface area contributed by atoms with Crippen LogP contribution in [0, 0.1) is 0 Å². The highest BCUT2D eigenvalue weighted by atomic mass is 16.7. The first-order valence-electron chi connectivity index (χ1n) is 32.7. The number of hydrogen-bond donors (Lipinski definition) is 6. The number of carboxylic acid groups (broad SMARTS) is 1. The van der Waals surface area contributed by atoms with Gasteiger partial charge in [0.2, 0.25) is 29.9 Å². The Hall–Kier alpha value is -4.36. The van der Waals surface area contributed by atoms with Crippen molar-refractivity contribution < 1.29 is 73.7 Å². The molecule has 1 aliphatic rings. The van der Waals surface area contributed by atoms with Crippen molar-refractivity contribution in [2.45, 2.75) is 347 Å². The number of aliphatic hydroxyl groups is 1. The fraction of sp³-hybridized carbons (Fsp3) is 0.873. The summed E-state index contributed by atoms with van der Waals surface area (Å²) >= 11 is 0. The van der Waals surface area contributed by atoms with Gasteiger partial charge in [-0.1, -0.05) is 213 Å². The molecule has 1 saturated heterocycles. The minimum absolute atomic E-state index is 0.00534. The Morgan fingerprint density at radius 2 is 1.02 bits per heavy atom. The average Bonchev–Trinajstić information content (AvgIpc) is 3.65. The van der Waals surface area contributed by atoms with Crippen LogP contribution in [0.5, 0.6) is 0 Å². The standard InChI is InChI=1S/C63H114N4O15/c1-7-10-13-16-19-22-24-25-27-30-32-35-38-41-54(71)80-50(40-37-34-31-28-21-18-15-12-9-3)45-56(73)78-46-52-58(74)59(79-48(5)62(77)65-47(4)61(76)67-51(60(64)75)43-44-53(69)70)57(66-49(6)68)63(81-52)82-55(72)42-39-36-33-29-26-23-20-17-14-11-8-2/h47-48,50-52,57-59,63,74H,7-46H2,1-6H3,(H2,64,75)(H,65,77)(H,66,68)(H,67,76)(H,69,70)/t47-,48+,50+,51-,52+,57+,58+,59+,63?/m0/s1/i/hD. The van der Waals surface area contributed by atoms with Gasteiger partial charge in [0.25, 0.3) is 0 Å². The molecule has 0 spiro atoms. The highest BCUT2D eigenvalue weighted by molar-refractivity contribution is 5.92. The van der Waals surface area contributed by atoms with Crippen LogP contribution in [0.1, 0.15) is 292 Å². The molecule has 82 heavy (non-hydrogen) atoms. The third-order valence-corrected chi connectivity index (χ3v) is 15.2. The van der Waals surface area contributed by atoms with E-state index >= 15 is 0 Å². The van der Waals surface area contributed by atoms with Crippen molar-refractivity contribution >= 4 is 47.5 Å². The Kier molecular flexibility index (Phi) is 44.0. The smallest absolute Gasteiger partial charge is 0.309 e. The summed E-state index contributed by atoms with van der Waals surface area (Å²) in [7, 11) is 0. The summed E-state index contributed by atoms with van der Waals surface area (Å²) in [5, 5.41) is 26.2. The molecule has 19 nitrogen and oxygen atoms in total. The van der Waals surface area contributed by atoms with Crippen molar-refractivity contribution in [2.75, 3.05) is 6.61 Å². The predicted octanol–water partition coefficient (Wildman–Crippen LogP) is 11.2. The number of aliphatic carboxylic acids is 1. The molecular weight excluding hydrogens is 1050 g/mol. The number of aliphatic hydroxyl groups excluding tert-OH is 1. The van der Waals surface area contributed by atoms with Crippen LogP contribution in [0.4, 0.5) is 0 Å². The van der Waals surface area contributed by atoms with Crippen LogP contribution >= 0.6 is 0 Å². The number of amides is 4. The highest BCUT2D eigenvalue weighted by Gasteiger charge is 2.50. The Balaban J connectivity index is 3.23. The van der Waals surface area contributed by atoms with Crippen LogP contribution in [0.25, 0.3) is 0 Å². The van der Waals surface area contributed by atoms with E-state index in [0.29, 0.717) is 19.3 Å². The van der Waals surface area contributed by atoms with Crippen molar-refractivity contribution in [1.29, 1.82) is 0 Å². The molecule has 1 rings (SSSR count). The van der Waals surface area contributed by atoms with Gasteiger partial charge in [-0.2, -0.15) is 0 Å². The first-order valence-corrected chi connectivity index (χ1v) is 32.3. The monoisotopic (exact) mass is 1170 g/mol. The van der Waals surface area contributed by atoms with Gasteiger partial charge < -0.3 is 55.6 Å². The summed E-state index contributed by atoms with van der Waals surface area (Å²) in [6.07, 6.45) is 27.4. The maximum atomic E-state index is 13.8. The van der Waals surface area contributed by atoms with E-state index in [0.717, 1.165) is 77.0 Å². The zero-order valence-corrected chi connectivity index (χ0v) is 51.7. The number of nitrogens with one attached hydrogen (secondary N) is 3. The van der Waals surface area contributed by atoms with Gasteiger partial charge in [0.05, 0.1) is 6.42 Å². The number of carboxylic acids is 1. The van der Waals surface area contributed by atoms with E-state index in [4.69, 9.17) is 35.9 Å². The van der Waals surface area contributed by atoms with Gasteiger partial charge in [0.15, 0.2) is 1.41 Å². The maximum absolute atomic E-state index is 13.8. The van der Waals surface area contributed by atoms with Gasteiger partial charge in [-0.05, 0) is 46.0 Å². The van der Waals surface area contributed by atoms with E-state index in [1.807, 2.05) is 0 Å². The van der Waals surface area contributed by atoms with Gasteiger partial charge in [-0.25, -0.2) is 0 Å². The molecule has 0 saturated carbocycles. The first kappa shape index (κ1) is 73.7. The largest absolute Gasteiger partial charge is 0.481 e. The summed E-state index contributed by atoms with van der Waals surface area (Å²) < 4.78 is 38.3. The number of hydrogen-bond acceptors (Lipinski definition) is 14. The fourth-order valence-corrected chi connectivity index (χ4v) is 10.2. The van der Waals surface area contributed by atoms with E-state index in [2.05, 4.69) is 31.4 Å². The number of unbranched alkanes of at least 4 members (excludes halogenated alkanes) is 30. The van der Waals surface area contributed by atoms with Crippen molar-refractivity contribution in [3.05, 3.63) is 0 Å². The molecule has 19 heteroatoms. The van der Waals surface area contributed by atoms with Crippen molar-refractivity contribution in [2.24, 2.45) is 5.73 Å². The topological polar surface area (TPSA) is 285 Å². The molecule has 1 heterocycles. The Morgan fingerprint density at radius 3 is 1.46 bits per heavy atom. The molecule has 0 aromatic rings. The van der Waals surface area contributed by atoms with Gasteiger partial charge >= 0.3 is 23.9 Å². The van der Waals surface area contributed by atoms with E-state index in [-0.39, 0.29) is 37.0 Å². The van der Waals surface area contributed by atoms with Crippen LogP contribution in [0.15, 0.2) is 0 Å². The van der Waals surface area contributed by atoms with Gasteiger partial charge in [0, 0.05) is 26.2 Å². The third kappa shape index (κ3) is 38.5. The molecule has 1 fully saturated rings. The van der Waals surface area contributed by atoms with Crippen molar-refractivity contribution in [1.82, 2.24) is 15.9 Å². The minimum atomic E-state index is -1.77. The van der Waals surface area contributed by atoms with Gasteiger partial charge in [-0.3, -0.25) is 38.4 Å². The zero-order chi connectivity index (χ0) is 61.6. The molecule has 9 atom stereocenters. The van der Waals surface area contributed by atoms with Crippen LogP contribution in [0.3, 0.4) is 0 Å². The zero-order valence-electron chi connectivity index (χ0n) is 52.7. The Labute approximate surface area is 494 Å². The lowest BCUT2D eigenvalue weighted by Crippen LogP contribution is -2.66. The molecule has 7 N–H and O–H groups in total. The summed E-state index contributed by atoms with van der Waals surface area (Å²) in [6.45, 7) is 9.60. The maximum Gasteiger partial charge on any atom is 0.309 e. The summed E-state index contributed by atoms with van der Waals surface area (Å²) in [5.74, 6) is -6.81. The number of nitrogens with two attached hydrogens (primary N) is 1. The molecule has 0 bridgehead atoms. The van der Waals surface area contributed by atoms with E-state index < -0.39 is 109 Å².